The molecule has 8 aromatic carbocycles. The van der Waals surface area contributed by atoms with Gasteiger partial charge in [-0.15, -0.1) is 0 Å². The standard InChI is InChI=1S/C24H26N.C23H26N.C22H24N.C19H17FN/c1-18-8-3-6-13-23(18)24-15-14-22(17-25(24)2)21-12-7-11-20(16-21)19-9-4-5-10-19;1-17(2)14-19-9-7-10-20(15-19)21-12-13-23(24(4)16-21)22-11-6-5-8-18(22)3;1-16(2)18-9-7-10-19(14-18)20-12-13-22(23(4)15-20)21-11-6-5-8-17(21)3;1-14-5-3-4-6-18(14)19-12-9-16(13-21(19)2)15-7-10-17(20)11-8-15/h3,6-8,11-17,19H,4-5,9-10H2,1-2H3;5-13,15-17H,14H2,1-4H3;5-16H,1-4H3;3-13H,1-2H3/q4*+1. The number of halogens is 1. The summed E-state index contributed by atoms with van der Waals surface area (Å²) in [6, 6.07) is 85.1. The average molecular weight is 1230 g/mol. The Balaban J connectivity index is 0.000000136. The van der Waals surface area contributed by atoms with Gasteiger partial charge in [0, 0.05) is 68.8 Å². The molecule has 0 bridgehead atoms. The Labute approximate surface area is 554 Å². The van der Waals surface area contributed by atoms with Crippen LogP contribution in [-0.2, 0) is 34.6 Å². The molecular weight excluding hydrogens is 1130 g/mol. The highest BCUT2D eigenvalue weighted by Gasteiger charge is 2.21. The van der Waals surface area contributed by atoms with Crippen LogP contribution < -0.4 is 18.3 Å². The monoisotopic (exact) mass is 1220 g/mol. The van der Waals surface area contributed by atoms with Gasteiger partial charge in [0.1, 0.15) is 34.0 Å². The molecule has 0 N–H and O–H groups in total. The first kappa shape index (κ1) is 66.2. The highest BCUT2D eigenvalue weighted by molar-refractivity contribution is 5.71. The molecule has 0 unspecified atom stereocenters. The molecule has 0 radical (unpaired) electrons. The molecule has 1 aliphatic rings. The van der Waals surface area contributed by atoms with Crippen molar-refractivity contribution in [2.24, 2.45) is 34.1 Å². The van der Waals surface area contributed by atoms with Crippen molar-refractivity contribution >= 4 is 0 Å². The van der Waals surface area contributed by atoms with E-state index in [1.165, 1.54) is 155 Å². The lowest BCUT2D eigenvalue weighted by atomic mass is 9.94. The number of benzene rings is 8. The third-order valence-electron chi connectivity index (χ3n) is 18.2. The average Bonchev–Trinajstić information content (AvgIpc) is 1.43. The van der Waals surface area contributed by atoms with Gasteiger partial charge in [0.2, 0.25) is 22.8 Å². The van der Waals surface area contributed by atoms with Crippen molar-refractivity contribution in [3.8, 4) is 89.5 Å². The van der Waals surface area contributed by atoms with Crippen molar-refractivity contribution < 1.29 is 22.7 Å². The van der Waals surface area contributed by atoms with E-state index in [1.807, 2.05) is 13.1 Å². The number of aromatic nitrogens is 4. The van der Waals surface area contributed by atoms with Crippen molar-refractivity contribution in [2.45, 2.75) is 99.3 Å². The molecule has 0 aliphatic heterocycles. The van der Waals surface area contributed by atoms with Gasteiger partial charge in [-0.1, -0.05) is 198 Å². The van der Waals surface area contributed by atoms with Gasteiger partial charge in [0.15, 0.2) is 24.8 Å². The summed E-state index contributed by atoms with van der Waals surface area (Å²) in [4.78, 5) is 0. The van der Waals surface area contributed by atoms with Gasteiger partial charge in [-0.3, -0.25) is 0 Å². The lowest BCUT2D eigenvalue weighted by Crippen LogP contribution is -2.30. The maximum atomic E-state index is 13.0. The summed E-state index contributed by atoms with van der Waals surface area (Å²) in [7, 11) is 8.43. The van der Waals surface area contributed by atoms with E-state index in [1.54, 1.807) is 12.1 Å². The molecule has 4 aromatic heterocycles. The molecule has 13 rings (SSSR count). The molecule has 0 spiro atoms. The lowest BCUT2D eigenvalue weighted by Gasteiger charge is -2.11. The molecule has 4 nitrogen and oxygen atoms in total. The first-order valence-electron chi connectivity index (χ1n) is 33.3. The van der Waals surface area contributed by atoms with E-state index < -0.39 is 0 Å². The molecule has 12 aromatic rings. The predicted molar refractivity (Wildman–Crippen MR) is 387 cm³/mol. The fourth-order valence-electron chi connectivity index (χ4n) is 13.0. The summed E-state index contributed by atoms with van der Waals surface area (Å²) in [6.07, 6.45) is 15.4. The molecule has 0 amide bonds. The smallest absolute Gasteiger partial charge is 0.207 e. The Morgan fingerprint density at radius 2 is 0.688 bits per heavy atom. The van der Waals surface area contributed by atoms with Crippen molar-refractivity contribution in [1.29, 1.82) is 0 Å². The molecule has 4 heterocycles. The minimum absolute atomic E-state index is 0.209. The summed E-state index contributed by atoms with van der Waals surface area (Å²) in [5, 5.41) is 0. The van der Waals surface area contributed by atoms with Crippen molar-refractivity contribution in [3.63, 3.8) is 0 Å². The zero-order chi connectivity index (χ0) is 65.5. The summed E-state index contributed by atoms with van der Waals surface area (Å²) < 4.78 is 21.8. The van der Waals surface area contributed by atoms with Crippen LogP contribution in [-0.4, -0.2) is 0 Å². The normalized spacial score (nSPS) is 11.9. The summed E-state index contributed by atoms with van der Waals surface area (Å²) in [5.74, 6) is 1.79. The molecule has 5 heteroatoms. The Bertz CT molecular complexity index is 4490. The van der Waals surface area contributed by atoms with Gasteiger partial charge in [0.05, 0.1) is 0 Å². The number of pyridine rings is 4. The zero-order valence-corrected chi connectivity index (χ0v) is 56.8. The van der Waals surface area contributed by atoms with E-state index >= 15 is 0 Å². The van der Waals surface area contributed by atoms with E-state index in [-0.39, 0.29) is 5.82 Å². The minimum Gasteiger partial charge on any atom is -0.207 e. The zero-order valence-electron chi connectivity index (χ0n) is 56.8. The molecule has 0 saturated heterocycles. The van der Waals surface area contributed by atoms with Crippen LogP contribution in [0.15, 0.2) is 267 Å². The fraction of sp³-hybridized carbons (Fsp3) is 0.227. The van der Waals surface area contributed by atoms with Crippen LogP contribution in [0.3, 0.4) is 0 Å². The second-order valence-electron chi connectivity index (χ2n) is 26.1. The second-order valence-corrected chi connectivity index (χ2v) is 26.1. The lowest BCUT2D eigenvalue weighted by molar-refractivity contribution is -0.660. The summed E-state index contributed by atoms with van der Waals surface area (Å²) in [6.45, 7) is 17.6. The largest absolute Gasteiger partial charge is 0.212 e. The van der Waals surface area contributed by atoms with Crippen LogP contribution >= 0.6 is 0 Å². The Hall–Kier alpha value is -9.71. The Morgan fingerprint density at radius 1 is 0.344 bits per heavy atom. The van der Waals surface area contributed by atoms with Gasteiger partial charge < -0.3 is 0 Å². The molecule has 1 saturated carbocycles. The molecule has 1 aliphatic carbocycles. The number of aryl methyl sites for hydroxylation is 8. The van der Waals surface area contributed by atoms with Gasteiger partial charge in [-0.2, -0.15) is 0 Å². The highest BCUT2D eigenvalue weighted by Crippen LogP contribution is 2.36. The molecule has 0 atom stereocenters. The summed E-state index contributed by atoms with van der Waals surface area (Å²) in [5.41, 5.74) is 29.3. The fourth-order valence-corrected chi connectivity index (χ4v) is 13.0. The van der Waals surface area contributed by atoms with Crippen LogP contribution in [0.25, 0.3) is 89.5 Å². The van der Waals surface area contributed by atoms with Gasteiger partial charge >= 0.3 is 0 Å². The number of hydrogen-bond donors (Lipinski definition) is 0. The quantitative estimate of drug-likeness (QED) is 0.108. The maximum absolute atomic E-state index is 13.0. The second kappa shape index (κ2) is 31.1. The van der Waals surface area contributed by atoms with Crippen molar-refractivity contribution in [1.82, 2.24) is 0 Å². The number of hydrogen-bond acceptors (Lipinski definition) is 0. The molecular formula is C88H93FN4+4. The molecule has 1 fully saturated rings. The molecule has 468 valence electrons. The topological polar surface area (TPSA) is 15.5 Å². The van der Waals surface area contributed by atoms with Gasteiger partial charge in [-0.25, -0.2) is 22.7 Å². The van der Waals surface area contributed by atoms with E-state index in [2.05, 4.69) is 332 Å². The van der Waals surface area contributed by atoms with Crippen LogP contribution in [0, 0.1) is 39.4 Å². The predicted octanol–water partition coefficient (Wildman–Crippen LogP) is 20.7. The minimum atomic E-state index is -0.209. The van der Waals surface area contributed by atoms with Crippen molar-refractivity contribution in [3.05, 3.63) is 312 Å². The highest BCUT2D eigenvalue weighted by atomic mass is 19.1. The first-order chi connectivity index (χ1) is 45.0. The third kappa shape index (κ3) is 16.9. The van der Waals surface area contributed by atoms with E-state index in [4.69, 9.17) is 0 Å². The summed E-state index contributed by atoms with van der Waals surface area (Å²) >= 11 is 0. The number of rotatable bonds is 12. The number of nitrogens with zero attached hydrogens (tertiary/aromatic N) is 4. The van der Waals surface area contributed by atoms with Gasteiger partial charge in [-0.05, 0) is 187 Å². The Kier molecular flexibility index (Phi) is 22.1. The molecule has 93 heavy (non-hydrogen) atoms. The maximum Gasteiger partial charge on any atom is 0.212 e. The Morgan fingerprint density at radius 3 is 1.06 bits per heavy atom. The van der Waals surface area contributed by atoms with Crippen LogP contribution in [0.1, 0.15) is 104 Å². The first-order valence-corrected chi connectivity index (χ1v) is 33.3. The van der Waals surface area contributed by atoms with E-state index in [9.17, 15) is 4.39 Å². The third-order valence-corrected chi connectivity index (χ3v) is 18.2. The van der Waals surface area contributed by atoms with Crippen molar-refractivity contribution in [2.75, 3.05) is 0 Å². The van der Waals surface area contributed by atoms with Crippen LogP contribution in [0.5, 0.6) is 0 Å². The van der Waals surface area contributed by atoms with Crippen LogP contribution in [0.2, 0.25) is 0 Å². The SMILES string of the molecule is Cc1ccccc1-c1ccc(-c2ccc(F)cc2)c[n+]1C.Cc1ccccc1-c1ccc(-c2cccc(C(C)C)c2)c[n+]1C.Cc1ccccc1-c1ccc(-c2cccc(C3CCCC3)c2)c[n+]1C.Cc1ccccc1-c1ccc(-c2cccc(CC(C)C)c2)c[n+]1C. The van der Waals surface area contributed by atoms with Gasteiger partial charge in [0.25, 0.3) is 0 Å². The van der Waals surface area contributed by atoms with Crippen LogP contribution in [0.4, 0.5) is 4.39 Å². The van der Waals surface area contributed by atoms with E-state index in [0.29, 0.717) is 11.8 Å². The van der Waals surface area contributed by atoms with E-state index in [0.717, 1.165) is 23.5 Å².